The Hall–Kier alpha value is -3.22. The van der Waals surface area contributed by atoms with Crippen LogP contribution in [0.5, 0.6) is 5.75 Å². The minimum atomic E-state index is -4.57. The molecule has 0 fully saturated rings. The number of benzene rings is 3. The highest BCUT2D eigenvalue weighted by Gasteiger charge is 2.29. The number of hydrogen-bond donors (Lipinski definition) is 0. The molecule has 0 aliphatic rings. The van der Waals surface area contributed by atoms with Crippen molar-refractivity contribution in [2.45, 2.75) is 19.5 Å². The normalized spacial score (nSPS) is 11.4. The van der Waals surface area contributed by atoms with Gasteiger partial charge in [0, 0.05) is 6.07 Å². The number of aryl methyl sites for hydroxylation is 1. The second-order valence-electron chi connectivity index (χ2n) is 6.50. The number of halogens is 5. The first-order valence-electron chi connectivity index (χ1n) is 8.56. The third-order valence-corrected chi connectivity index (χ3v) is 4.20. The van der Waals surface area contributed by atoms with Crippen molar-refractivity contribution in [1.82, 2.24) is 0 Å². The van der Waals surface area contributed by atoms with Crippen LogP contribution in [-0.2, 0) is 6.42 Å². The van der Waals surface area contributed by atoms with Gasteiger partial charge < -0.3 is 4.74 Å². The van der Waals surface area contributed by atoms with Gasteiger partial charge in [0.05, 0.1) is 12.0 Å². The molecule has 3 rings (SSSR count). The third-order valence-electron chi connectivity index (χ3n) is 4.20. The molecule has 0 atom stereocenters. The van der Waals surface area contributed by atoms with Gasteiger partial charge in [-0.3, -0.25) is 0 Å². The Morgan fingerprint density at radius 3 is 2.10 bits per heavy atom. The Labute approximate surface area is 163 Å². The van der Waals surface area contributed by atoms with Crippen LogP contribution in [0.1, 0.15) is 21.5 Å². The monoisotopic (exact) mass is 406 g/mol. The lowest BCUT2D eigenvalue weighted by atomic mass is 10.0. The fraction of sp³-hybridized carbons (Fsp3) is 0.136. The van der Waals surface area contributed by atoms with Gasteiger partial charge in [-0.05, 0) is 41.8 Å². The van der Waals surface area contributed by atoms with Crippen LogP contribution in [0.3, 0.4) is 0 Å². The number of carbonyl (C=O) groups is 1. The SMILES string of the molecule is Cc1ccc(-c2ccc(C(=O)Oc3ccc(CC(F)(F)F)c(F)c3)c(F)c2)cc1. The van der Waals surface area contributed by atoms with E-state index in [0.717, 1.165) is 23.3 Å². The van der Waals surface area contributed by atoms with Gasteiger partial charge in [0.15, 0.2) is 0 Å². The van der Waals surface area contributed by atoms with Crippen molar-refractivity contribution in [2.24, 2.45) is 0 Å². The molecule has 0 spiro atoms. The van der Waals surface area contributed by atoms with Crippen LogP contribution in [0, 0.1) is 18.6 Å². The summed E-state index contributed by atoms with van der Waals surface area (Å²) in [4.78, 5) is 12.2. The van der Waals surface area contributed by atoms with Crippen molar-refractivity contribution >= 4 is 5.97 Å². The van der Waals surface area contributed by atoms with Gasteiger partial charge in [-0.25, -0.2) is 13.6 Å². The van der Waals surface area contributed by atoms with Crippen LogP contribution in [0.15, 0.2) is 60.7 Å². The summed E-state index contributed by atoms with van der Waals surface area (Å²) in [5, 5.41) is 0. The Bertz CT molecular complexity index is 1040. The quantitative estimate of drug-likeness (QED) is 0.290. The number of esters is 1. The number of rotatable bonds is 4. The van der Waals surface area contributed by atoms with Gasteiger partial charge in [0.1, 0.15) is 17.4 Å². The molecule has 0 amide bonds. The highest BCUT2D eigenvalue weighted by atomic mass is 19.4. The summed E-state index contributed by atoms with van der Waals surface area (Å²) in [6.07, 6.45) is -6.01. The van der Waals surface area contributed by atoms with Crippen molar-refractivity contribution in [3.8, 4) is 16.9 Å². The molecule has 0 saturated carbocycles. The van der Waals surface area contributed by atoms with E-state index < -0.39 is 35.8 Å². The maximum absolute atomic E-state index is 14.4. The van der Waals surface area contributed by atoms with E-state index in [0.29, 0.717) is 11.6 Å². The molecule has 0 aromatic heterocycles. The van der Waals surface area contributed by atoms with Crippen LogP contribution in [0.4, 0.5) is 22.0 Å². The lowest BCUT2D eigenvalue weighted by Crippen LogP contribution is -2.14. The van der Waals surface area contributed by atoms with E-state index >= 15 is 0 Å². The van der Waals surface area contributed by atoms with Gasteiger partial charge >= 0.3 is 12.1 Å². The van der Waals surface area contributed by atoms with Gasteiger partial charge in [0.25, 0.3) is 0 Å². The fourth-order valence-electron chi connectivity index (χ4n) is 2.72. The molecule has 29 heavy (non-hydrogen) atoms. The van der Waals surface area contributed by atoms with Gasteiger partial charge in [0.2, 0.25) is 0 Å². The first-order chi connectivity index (χ1) is 13.6. The Morgan fingerprint density at radius 1 is 0.862 bits per heavy atom. The summed E-state index contributed by atoms with van der Waals surface area (Å²) in [5.74, 6) is -3.40. The average molecular weight is 406 g/mol. The second kappa shape index (κ2) is 8.03. The van der Waals surface area contributed by atoms with Crippen LogP contribution >= 0.6 is 0 Å². The Balaban J connectivity index is 1.77. The van der Waals surface area contributed by atoms with Crippen molar-refractivity contribution in [2.75, 3.05) is 0 Å². The molecular weight excluding hydrogens is 391 g/mol. The van der Waals surface area contributed by atoms with E-state index in [-0.39, 0.29) is 11.3 Å². The molecular formula is C22H15F5O2. The highest BCUT2D eigenvalue weighted by molar-refractivity contribution is 5.92. The molecule has 0 radical (unpaired) electrons. The topological polar surface area (TPSA) is 26.3 Å². The van der Waals surface area contributed by atoms with Gasteiger partial charge in [-0.2, -0.15) is 13.2 Å². The summed E-state index contributed by atoms with van der Waals surface area (Å²) in [6.45, 7) is 1.92. The Morgan fingerprint density at radius 2 is 1.52 bits per heavy atom. The van der Waals surface area contributed by atoms with Crippen molar-refractivity contribution in [1.29, 1.82) is 0 Å². The van der Waals surface area contributed by atoms with Crippen molar-refractivity contribution in [3.05, 3.63) is 89.0 Å². The van der Waals surface area contributed by atoms with E-state index in [2.05, 4.69) is 0 Å². The van der Waals surface area contributed by atoms with E-state index in [1.54, 1.807) is 0 Å². The largest absolute Gasteiger partial charge is 0.423 e. The third kappa shape index (κ3) is 5.19. The molecule has 3 aromatic carbocycles. The summed E-state index contributed by atoms with van der Waals surface area (Å²) in [7, 11) is 0. The zero-order chi connectivity index (χ0) is 21.2. The zero-order valence-electron chi connectivity index (χ0n) is 15.2. The lowest BCUT2D eigenvalue weighted by molar-refractivity contribution is -0.127. The van der Waals surface area contributed by atoms with Gasteiger partial charge in [-0.15, -0.1) is 0 Å². The van der Waals surface area contributed by atoms with Crippen LogP contribution in [0.25, 0.3) is 11.1 Å². The van der Waals surface area contributed by atoms with Gasteiger partial charge in [-0.1, -0.05) is 42.0 Å². The fourth-order valence-corrected chi connectivity index (χ4v) is 2.72. The minimum absolute atomic E-state index is 0.319. The summed E-state index contributed by atoms with van der Waals surface area (Å²) < 4.78 is 70.3. The maximum Gasteiger partial charge on any atom is 0.393 e. The first kappa shape index (κ1) is 20.5. The molecule has 2 nitrogen and oxygen atoms in total. The van der Waals surface area contributed by atoms with Crippen LogP contribution in [-0.4, -0.2) is 12.1 Å². The first-order valence-corrected chi connectivity index (χ1v) is 8.56. The van der Waals surface area contributed by atoms with E-state index in [4.69, 9.17) is 4.74 Å². The highest BCUT2D eigenvalue weighted by Crippen LogP contribution is 2.27. The number of ether oxygens (including phenoxy) is 1. The zero-order valence-corrected chi connectivity index (χ0v) is 15.2. The minimum Gasteiger partial charge on any atom is -0.423 e. The molecule has 150 valence electrons. The van der Waals surface area contributed by atoms with Crippen LogP contribution < -0.4 is 4.74 Å². The van der Waals surface area contributed by atoms with Crippen molar-refractivity contribution in [3.63, 3.8) is 0 Å². The summed E-state index contributed by atoms with van der Waals surface area (Å²) >= 11 is 0. The molecule has 0 unspecified atom stereocenters. The molecule has 7 heteroatoms. The molecule has 0 heterocycles. The predicted molar refractivity (Wildman–Crippen MR) is 97.7 cm³/mol. The average Bonchev–Trinajstić information content (AvgIpc) is 2.63. The second-order valence-corrected chi connectivity index (χ2v) is 6.50. The summed E-state index contributed by atoms with van der Waals surface area (Å²) in [5.41, 5.74) is 1.41. The lowest BCUT2D eigenvalue weighted by Gasteiger charge is -2.10. The van der Waals surface area contributed by atoms with E-state index in [1.807, 2.05) is 31.2 Å². The van der Waals surface area contributed by atoms with E-state index in [9.17, 15) is 26.7 Å². The molecule has 3 aromatic rings. The predicted octanol–water partition coefficient (Wildman–Crippen LogP) is 6.26. The number of carbonyl (C=O) groups excluding carboxylic acids is 1. The standard InChI is InChI=1S/C22H15F5O2/c1-13-2-4-14(5-3-13)15-7-9-18(20(24)10-15)21(28)29-17-8-6-16(19(23)11-17)12-22(25,26)27/h2-11H,12H2,1H3. The van der Waals surface area contributed by atoms with Crippen LogP contribution in [0.2, 0.25) is 0 Å². The number of alkyl halides is 3. The smallest absolute Gasteiger partial charge is 0.393 e. The summed E-state index contributed by atoms with van der Waals surface area (Å²) in [6, 6.07) is 13.9. The molecule has 0 bridgehead atoms. The maximum atomic E-state index is 14.4. The van der Waals surface area contributed by atoms with Crippen molar-refractivity contribution < 1.29 is 31.5 Å². The van der Waals surface area contributed by atoms with E-state index in [1.165, 1.54) is 18.2 Å². The Kier molecular flexibility index (Phi) is 5.68. The molecule has 0 aliphatic heterocycles. The molecule has 0 aliphatic carbocycles. The molecule has 0 N–H and O–H groups in total. The molecule has 0 saturated heterocycles. The number of hydrogen-bond acceptors (Lipinski definition) is 2.